The minimum Gasteiger partial charge on any atom is -0.282 e. The largest absolute Gasteiger partial charge is 0.282 e. The number of hydrogen-bond donors (Lipinski definition) is 1. The number of nitrogens with zero attached hydrogens (tertiary/aromatic N) is 1. The van der Waals surface area contributed by atoms with E-state index in [2.05, 4.69) is 18.3 Å². The fourth-order valence-electron chi connectivity index (χ4n) is 1.44. The van der Waals surface area contributed by atoms with E-state index in [4.69, 9.17) is 5.41 Å². The van der Waals surface area contributed by atoms with Crippen molar-refractivity contribution in [1.29, 1.82) is 5.41 Å². The van der Waals surface area contributed by atoms with Crippen LogP contribution in [0, 0.1) is 5.41 Å². The number of aliphatic imine (C=N–C) groups is 1. The van der Waals surface area contributed by atoms with Gasteiger partial charge in [-0.15, -0.1) is 0 Å². The first-order valence-electron chi connectivity index (χ1n) is 5.34. The van der Waals surface area contributed by atoms with Crippen LogP contribution in [-0.2, 0) is 0 Å². The third kappa shape index (κ3) is 3.38. The average Bonchev–Trinajstić information content (AvgIpc) is 2.40. The van der Waals surface area contributed by atoms with Gasteiger partial charge < -0.3 is 0 Å². The van der Waals surface area contributed by atoms with E-state index < -0.39 is 0 Å². The van der Waals surface area contributed by atoms with Crippen LogP contribution in [0.4, 0.5) is 0 Å². The Labute approximate surface area is 102 Å². The minimum atomic E-state index is 0.169. The summed E-state index contributed by atoms with van der Waals surface area (Å²) < 4.78 is 0. The van der Waals surface area contributed by atoms with Gasteiger partial charge in [0.05, 0.1) is 0 Å². The van der Waals surface area contributed by atoms with Gasteiger partial charge in [-0.3, -0.25) is 5.41 Å². The summed E-state index contributed by atoms with van der Waals surface area (Å²) >= 11 is 0. The molecule has 0 saturated heterocycles. The fourth-order valence-corrected chi connectivity index (χ4v) is 1.44. The molecule has 1 aromatic rings. The molecule has 0 radical (unpaired) electrons. The Kier molecular flexibility index (Phi) is 4.82. The predicted octanol–water partition coefficient (Wildman–Crippen LogP) is 3.88. The van der Waals surface area contributed by atoms with Crippen molar-refractivity contribution < 1.29 is 0 Å². The molecule has 0 heterocycles. The standard InChI is InChI=1S/C15H16N2/c1-4-12(14-9-7-6-8-10-14)11-13(5-2)15(16)17-3/h4-11,16H,1,3H2,2H3/b12-11+,13-5+,16-15?. The van der Waals surface area contributed by atoms with Gasteiger partial charge in [-0.2, -0.15) is 0 Å². The molecule has 0 atom stereocenters. The van der Waals surface area contributed by atoms with Gasteiger partial charge in [0, 0.05) is 5.57 Å². The van der Waals surface area contributed by atoms with Crippen LogP contribution < -0.4 is 0 Å². The van der Waals surface area contributed by atoms with Crippen LogP contribution in [-0.4, -0.2) is 12.6 Å². The van der Waals surface area contributed by atoms with Gasteiger partial charge in [-0.1, -0.05) is 49.1 Å². The summed E-state index contributed by atoms with van der Waals surface area (Å²) in [6, 6.07) is 9.92. The normalized spacial score (nSPS) is 12.1. The van der Waals surface area contributed by atoms with Crippen molar-refractivity contribution >= 4 is 18.1 Å². The lowest BCUT2D eigenvalue weighted by Gasteiger charge is -2.04. The van der Waals surface area contributed by atoms with Crippen molar-refractivity contribution in [3.63, 3.8) is 0 Å². The molecule has 0 aliphatic heterocycles. The van der Waals surface area contributed by atoms with Crippen molar-refractivity contribution in [3.05, 3.63) is 66.3 Å². The van der Waals surface area contributed by atoms with Crippen molar-refractivity contribution in [2.24, 2.45) is 4.99 Å². The molecule has 0 saturated carbocycles. The second kappa shape index (κ2) is 6.38. The summed E-state index contributed by atoms with van der Waals surface area (Å²) in [5.41, 5.74) is 2.77. The lowest BCUT2D eigenvalue weighted by Crippen LogP contribution is -1.94. The highest BCUT2D eigenvalue weighted by molar-refractivity contribution is 6.02. The Morgan fingerprint density at radius 3 is 2.41 bits per heavy atom. The van der Waals surface area contributed by atoms with E-state index in [1.807, 2.05) is 49.4 Å². The number of amidine groups is 1. The Morgan fingerprint density at radius 2 is 1.94 bits per heavy atom. The Hall–Kier alpha value is -2.22. The van der Waals surface area contributed by atoms with E-state index in [0.29, 0.717) is 0 Å². The zero-order valence-electron chi connectivity index (χ0n) is 9.98. The van der Waals surface area contributed by atoms with Gasteiger partial charge in [0.15, 0.2) is 5.84 Å². The molecule has 86 valence electrons. The van der Waals surface area contributed by atoms with E-state index in [0.717, 1.165) is 16.7 Å². The lowest BCUT2D eigenvalue weighted by molar-refractivity contribution is 1.43. The summed E-state index contributed by atoms with van der Waals surface area (Å²) in [5, 5.41) is 7.65. The first kappa shape index (κ1) is 12.8. The molecular weight excluding hydrogens is 208 g/mol. The number of allylic oxidation sites excluding steroid dienone is 3. The highest BCUT2D eigenvalue weighted by Crippen LogP contribution is 2.17. The number of rotatable bonds is 4. The van der Waals surface area contributed by atoms with Gasteiger partial charge >= 0.3 is 0 Å². The van der Waals surface area contributed by atoms with Crippen LogP contribution in [0.15, 0.2) is 65.7 Å². The van der Waals surface area contributed by atoms with Crippen molar-refractivity contribution in [2.45, 2.75) is 6.92 Å². The Bertz CT molecular complexity index is 479. The Balaban J connectivity index is 3.15. The molecule has 0 unspecified atom stereocenters. The van der Waals surface area contributed by atoms with Crippen LogP contribution in [0.3, 0.4) is 0 Å². The summed E-state index contributed by atoms with van der Waals surface area (Å²) in [5.74, 6) is 0.169. The summed E-state index contributed by atoms with van der Waals surface area (Å²) in [7, 11) is 0. The molecule has 2 heteroatoms. The molecule has 1 aromatic carbocycles. The maximum absolute atomic E-state index is 7.65. The Morgan fingerprint density at radius 1 is 1.29 bits per heavy atom. The minimum absolute atomic E-state index is 0.169. The maximum atomic E-state index is 7.65. The van der Waals surface area contributed by atoms with Gasteiger partial charge in [0.25, 0.3) is 0 Å². The lowest BCUT2D eigenvalue weighted by atomic mass is 10.0. The van der Waals surface area contributed by atoms with E-state index in [1.165, 1.54) is 0 Å². The SMILES string of the molecule is C=C/C(=C\C(=C/C)C(=N)N=C)c1ccccc1. The second-order valence-electron chi connectivity index (χ2n) is 3.42. The van der Waals surface area contributed by atoms with Gasteiger partial charge in [-0.25, -0.2) is 4.99 Å². The topological polar surface area (TPSA) is 36.2 Å². The molecule has 17 heavy (non-hydrogen) atoms. The number of nitrogens with one attached hydrogen (secondary N) is 1. The van der Waals surface area contributed by atoms with Gasteiger partial charge in [0.1, 0.15) is 0 Å². The van der Waals surface area contributed by atoms with Gasteiger partial charge in [0.2, 0.25) is 0 Å². The van der Waals surface area contributed by atoms with Crippen LogP contribution >= 0.6 is 0 Å². The smallest absolute Gasteiger partial charge is 0.150 e. The van der Waals surface area contributed by atoms with Crippen molar-refractivity contribution in [2.75, 3.05) is 0 Å². The highest BCUT2D eigenvalue weighted by atomic mass is 14.8. The molecule has 0 bridgehead atoms. The van der Waals surface area contributed by atoms with Crippen molar-refractivity contribution in [3.8, 4) is 0 Å². The molecule has 0 aliphatic carbocycles. The second-order valence-corrected chi connectivity index (χ2v) is 3.42. The zero-order valence-corrected chi connectivity index (χ0v) is 9.98. The van der Waals surface area contributed by atoms with Crippen LogP contribution in [0.5, 0.6) is 0 Å². The van der Waals surface area contributed by atoms with E-state index in [9.17, 15) is 0 Å². The summed E-state index contributed by atoms with van der Waals surface area (Å²) in [6.07, 6.45) is 5.50. The highest BCUT2D eigenvalue weighted by Gasteiger charge is 2.01. The van der Waals surface area contributed by atoms with Crippen LogP contribution in [0.2, 0.25) is 0 Å². The molecule has 0 amide bonds. The molecule has 0 aliphatic rings. The quantitative estimate of drug-likeness (QED) is 0.458. The first-order valence-corrected chi connectivity index (χ1v) is 5.34. The van der Waals surface area contributed by atoms with Crippen molar-refractivity contribution in [1.82, 2.24) is 0 Å². The maximum Gasteiger partial charge on any atom is 0.150 e. The monoisotopic (exact) mass is 224 g/mol. The molecular formula is C15H16N2. The molecule has 0 aromatic heterocycles. The third-order valence-corrected chi connectivity index (χ3v) is 2.38. The third-order valence-electron chi connectivity index (χ3n) is 2.38. The molecule has 2 nitrogen and oxygen atoms in total. The molecule has 0 spiro atoms. The fraction of sp³-hybridized carbons (Fsp3) is 0.0667. The number of benzene rings is 1. The number of hydrogen-bond acceptors (Lipinski definition) is 1. The average molecular weight is 224 g/mol. The van der Waals surface area contributed by atoms with E-state index >= 15 is 0 Å². The van der Waals surface area contributed by atoms with Crippen LogP contribution in [0.1, 0.15) is 12.5 Å². The predicted molar refractivity (Wildman–Crippen MR) is 75.6 cm³/mol. The first-order chi connectivity index (χ1) is 8.22. The summed E-state index contributed by atoms with van der Waals surface area (Å²) in [4.78, 5) is 3.63. The van der Waals surface area contributed by atoms with E-state index in [1.54, 1.807) is 6.08 Å². The molecule has 0 fully saturated rings. The van der Waals surface area contributed by atoms with E-state index in [-0.39, 0.29) is 5.84 Å². The zero-order chi connectivity index (χ0) is 12.7. The van der Waals surface area contributed by atoms with Gasteiger partial charge in [-0.05, 0) is 30.9 Å². The molecule has 1 rings (SSSR count). The van der Waals surface area contributed by atoms with Crippen LogP contribution in [0.25, 0.3) is 5.57 Å². The molecule has 1 N–H and O–H groups in total. The summed E-state index contributed by atoms with van der Waals surface area (Å²) in [6.45, 7) is 9.03.